The SMILES string of the molecule is COc1ccc(NC(=O)CN2C(=O)CNC2=O)cc1Cl. The molecule has 1 aliphatic heterocycles. The first-order valence-corrected chi connectivity index (χ1v) is 6.10. The predicted molar refractivity (Wildman–Crippen MR) is 71.7 cm³/mol. The van der Waals surface area contributed by atoms with Crippen molar-refractivity contribution in [3.63, 3.8) is 0 Å². The van der Waals surface area contributed by atoms with Gasteiger partial charge in [-0.2, -0.15) is 0 Å². The second-order valence-corrected chi connectivity index (χ2v) is 4.44. The van der Waals surface area contributed by atoms with Crippen molar-refractivity contribution in [2.24, 2.45) is 0 Å². The second kappa shape index (κ2) is 5.79. The van der Waals surface area contributed by atoms with Crippen LogP contribution in [0.1, 0.15) is 0 Å². The molecule has 0 unspecified atom stereocenters. The molecule has 2 rings (SSSR count). The van der Waals surface area contributed by atoms with E-state index in [4.69, 9.17) is 16.3 Å². The summed E-state index contributed by atoms with van der Waals surface area (Å²) in [5.74, 6) is -0.437. The van der Waals surface area contributed by atoms with Crippen LogP contribution in [0.3, 0.4) is 0 Å². The van der Waals surface area contributed by atoms with Gasteiger partial charge in [0, 0.05) is 5.69 Å². The van der Waals surface area contributed by atoms with Crippen molar-refractivity contribution >= 4 is 35.1 Å². The predicted octanol–water partition coefficient (Wildman–Crippen LogP) is 0.839. The minimum Gasteiger partial charge on any atom is -0.495 e. The van der Waals surface area contributed by atoms with Crippen LogP contribution in [0.4, 0.5) is 10.5 Å². The topological polar surface area (TPSA) is 87.7 Å². The van der Waals surface area contributed by atoms with Crippen molar-refractivity contribution in [3.8, 4) is 5.75 Å². The van der Waals surface area contributed by atoms with Crippen molar-refractivity contribution in [1.29, 1.82) is 0 Å². The van der Waals surface area contributed by atoms with Crippen molar-refractivity contribution in [2.45, 2.75) is 0 Å². The molecule has 1 fully saturated rings. The molecule has 106 valence electrons. The van der Waals surface area contributed by atoms with Gasteiger partial charge in [-0.25, -0.2) is 4.79 Å². The van der Waals surface area contributed by atoms with Crippen LogP contribution in [-0.4, -0.2) is 42.9 Å². The molecule has 20 heavy (non-hydrogen) atoms. The molecule has 8 heteroatoms. The molecule has 4 amide bonds. The summed E-state index contributed by atoms with van der Waals surface area (Å²) >= 11 is 5.92. The molecule has 0 aliphatic carbocycles. The monoisotopic (exact) mass is 297 g/mol. The van der Waals surface area contributed by atoms with Crippen LogP contribution < -0.4 is 15.4 Å². The van der Waals surface area contributed by atoms with Crippen molar-refractivity contribution in [1.82, 2.24) is 10.2 Å². The Balaban J connectivity index is 1.99. The number of nitrogens with one attached hydrogen (secondary N) is 2. The zero-order chi connectivity index (χ0) is 14.7. The first-order valence-electron chi connectivity index (χ1n) is 5.73. The largest absolute Gasteiger partial charge is 0.495 e. The third kappa shape index (κ3) is 3.00. The van der Waals surface area contributed by atoms with Gasteiger partial charge in [0.05, 0.1) is 18.7 Å². The van der Waals surface area contributed by atoms with Gasteiger partial charge in [-0.3, -0.25) is 14.5 Å². The van der Waals surface area contributed by atoms with E-state index < -0.39 is 17.8 Å². The fourth-order valence-electron chi connectivity index (χ4n) is 1.70. The number of methoxy groups -OCH3 is 1. The summed E-state index contributed by atoms with van der Waals surface area (Å²) in [6.45, 7) is -0.422. The molecule has 0 saturated carbocycles. The van der Waals surface area contributed by atoms with Gasteiger partial charge in [0.2, 0.25) is 5.91 Å². The number of nitrogens with zero attached hydrogens (tertiary/aromatic N) is 1. The van der Waals surface area contributed by atoms with Crippen molar-refractivity contribution in [3.05, 3.63) is 23.2 Å². The lowest BCUT2D eigenvalue weighted by atomic mass is 10.3. The highest BCUT2D eigenvalue weighted by molar-refractivity contribution is 6.32. The lowest BCUT2D eigenvalue weighted by Gasteiger charge is -2.12. The van der Waals surface area contributed by atoms with E-state index in [9.17, 15) is 14.4 Å². The fraction of sp³-hybridized carbons (Fsp3) is 0.250. The van der Waals surface area contributed by atoms with Gasteiger partial charge in [0.15, 0.2) is 0 Å². The second-order valence-electron chi connectivity index (χ2n) is 4.04. The zero-order valence-corrected chi connectivity index (χ0v) is 11.4. The summed E-state index contributed by atoms with van der Waals surface area (Å²) in [6.07, 6.45) is 0. The Kier molecular flexibility index (Phi) is 4.09. The average molecular weight is 298 g/mol. The van der Waals surface area contributed by atoms with Crippen LogP contribution in [0.5, 0.6) is 5.75 Å². The van der Waals surface area contributed by atoms with Gasteiger partial charge >= 0.3 is 6.03 Å². The molecule has 1 saturated heterocycles. The van der Waals surface area contributed by atoms with E-state index in [1.807, 2.05) is 0 Å². The first kappa shape index (κ1) is 14.1. The summed E-state index contributed by atoms with van der Waals surface area (Å²) in [5, 5.41) is 5.23. The number of carbonyl (C=O) groups excluding carboxylic acids is 3. The Morgan fingerprint density at radius 3 is 2.80 bits per heavy atom. The number of anilines is 1. The minimum absolute atomic E-state index is 0.0829. The molecule has 1 aromatic rings. The number of amides is 4. The van der Waals surface area contributed by atoms with Crippen LogP contribution in [-0.2, 0) is 9.59 Å². The molecular formula is C12H12ClN3O4. The molecule has 0 atom stereocenters. The smallest absolute Gasteiger partial charge is 0.325 e. The number of ether oxygens (including phenoxy) is 1. The minimum atomic E-state index is -0.571. The van der Waals surface area contributed by atoms with Gasteiger partial charge in [-0.05, 0) is 18.2 Å². The van der Waals surface area contributed by atoms with E-state index in [2.05, 4.69) is 10.6 Å². The lowest BCUT2D eigenvalue weighted by Crippen LogP contribution is -2.38. The quantitative estimate of drug-likeness (QED) is 0.806. The van der Waals surface area contributed by atoms with E-state index in [1.165, 1.54) is 13.2 Å². The molecule has 2 N–H and O–H groups in total. The summed E-state index contributed by atoms with van der Waals surface area (Å²) in [5.41, 5.74) is 0.452. The molecule has 7 nitrogen and oxygen atoms in total. The van der Waals surface area contributed by atoms with E-state index in [0.717, 1.165) is 4.90 Å². The number of imide groups is 1. The van der Waals surface area contributed by atoms with Crippen LogP contribution in [0.25, 0.3) is 0 Å². The number of halogens is 1. The molecule has 0 radical (unpaired) electrons. The fourth-order valence-corrected chi connectivity index (χ4v) is 1.96. The summed E-state index contributed by atoms with van der Waals surface area (Å²) in [4.78, 5) is 35.2. The highest BCUT2D eigenvalue weighted by atomic mass is 35.5. The van der Waals surface area contributed by atoms with E-state index in [0.29, 0.717) is 16.5 Å². The number of hydrogen-bond acceptors (Lipinski definition) is 4. The van der Waals surface area contributed by atoms with E-state index in [1.54, 1.807) is 12.1 Å². The van der Waals surface area contributed by atoms with Crippen molar-refractivity contribution < 1.29 is 19.1 Å². The standard InChI is InChI=1S/C12H12ClN3O4/c1-20-9-3-2-7(4-8(9)13)15-10(17)6-16-11(18)5-14-12(16)19/h2-4H,5-6H2,1H3,(H,14,19)(H,15,17). The van der Waals surface area contributed by atoms with Gasteiger partial charge in [-0.15, -0.1) is 0 Å². The third-order valence-corrected chi connectivity index (χ3v) is 2.97. The Bertz CT molecular complexity index is 560. The van der Waals surface area contributed by atoms with Crippen LogP contribution in [0.15, 0.2) is 18.2 Å². The third-order valence-electron chi connectivity index (χ3n) is 2.67. The Morgan fingerprint density at radius 2 is 2.25 bits per heavy atom. The first-order chi connectivity index (χ1) is 9.51. The Labute approximate surface area is 119 Å². The van der Waals surface area contributed by atoms with Gasteiger partial charge < -0.3 is 15.4 Å². The van der Waals surface area contributed by atoms with Crippen LogP contribution in [0, 0.1) is 0 Å². The summed E-state index contributed by atoms with van der Waals surface area (Å²) in [6, 6.07) is 4.16. The highest BCUT2D eigenvalue weighted by Crippen LogP contribution is 2.27. The molecule has 0 spiro atoms. The maximum Gasteiger partial charge on any atom is 0.325 e. The van der Waals surface area contributed by atoms with Crippen LogP contribution >= 0.6 is 11.6 Å². The highest BCUT2D eigenvalue weighted by Gasteiger charge is 2.30. The van der Waals surface area contributed by atoms with Crippen LogP contribution in [0.2, 0.25) is 5.02 Å². The Hall–Kier alpha value is -2.28. The van der Waals surface area contributed by atoms with Gasteiger partial charge in [-0.1, -0.05) is 11.6 Å². The maximum atomic E-state index is 11.8. The lowest BCUT2D eigenvalue weighted by molar-refractivity contribution is -0.128. The Morgan fingerprint density at radius 1 is 1.50 bits per heavy atom. The number of hydrogen-bond donors (Lipinski definition) is 2. The molecule has 0 bridgehead atoms. The summed E-state index contributed by atoms with van der Waals surface area (Å²) < 4.78 is 4.99. The van der Waals surface area contributed by atoms with E-state index in [-0.39, 0.29) is 13.1 Å². The zero-order valence-electron chi connectivity index (χ0n) is 10.6. The maximum absolute atomic E-state index is 11.8. The average Bonchev–Trinajstić information content (AvgIpc) is 2.71. The molecule has 0 aromatic heterocycles. The van der Waals surface area contributed by atoms with Crippen molar-refractivity contribution in [2.75, 3.05) is 25.5 Å². The van der Waals surface area contributed by atoms with Gasteiger partial charge in [0.25, 0.3) is 5.91 Å². The summed E-state index contributed by atoms with van der Waals surface area (Å²) in [7, 11) is 1.48. The van der Waals surface area contributed by atoms with Gasteiger partial charge in [0.1, 0.15) is 12.3 Å². The normalized spacial score (nSPS) is 14.2. The van der Waals surface area contributed by atoms with E-state index >= 15 is 0 Å². The molecular weight excluding hydrogens is 286 g/mol. The molecule has 1 heterocycles. The number of urea groups is 1. The molecule has 1 aromatic carbocycles. The number of carbonyl (C=O) groups is 3. The molecule has 1 aliphatic rings. The number of benzene rings is 1. The number of rotatable bonds is 4.